The fraction of sp³-hybridized carbons (Fsp3) is 0.364. The van der Waals surface area contributed by atoms with E-state index in [4.69, 9.17) is 18.9 Å². The maximum Gasteiger partial charge on any atom is 0.198 e. The lowest BCUT2D eigenvalue weighted by atomic mass is 9.82. The van der Waals surface area contributed by atoms with E-state index in [0.29, 0.717) is 5.56 Å². The third-order valence-corrected chi connectivity index (χ3v) is 5.62. The number of fused-ring (bicyclic) bond motifs is 3. The summed E-state index contributed by atoms with van der Waals surface area (Å²) in [5.74, 6) is -1.65. The minimum Gasteiger partial charge on any atom is -0.507 e. The molecule has 1 N–H and O–H groups in total. The summed E-state index contributed by atoms with van der Waals surface area (Å²) in [5.41, 5.74) is 1.48. The molecule has 29 heavy (non-hydrogen) atoms. The van der Waals surface area contributed by atoms with E-state index in [1.807, 2.05) is 13.8 Å². The lowest BCUT2D eigenvalue weighted by molar-refractivity contribution is -0.228. The van der Waals surface area contributed by atoms with Crippen LogP contribution >= 0.6 is 0 Å². The van der Waals surface area contributed by atoms with Gasteiger partial charge in [-0.05, 0) is 37.6 Å². The molecule has 0 radical (unpaired) electrons. The number of phenols is 1. The summed E-state index contributed by atoms with van der Waals surface area (Å²) in [5, 5.41) is 10.1. The molecule has 2 aromatic rings. The first-order chi connectivity index (χ1) is 13.8. The van der Waals surface area contributed by atoms with Crippen molar-refractivity contribution in [2.24, 2.45) is 0 Å². The number of benzene rings is 2. The Morgan fingerprint density at radius 2 is 1.72 bits per heavy atom. The van der Waals surface area contributed by atoms with Gasteiger partial charge in [0.15, 0.2) is 23.6 Å². The Morgan fingerprint density at radius 3 is 2.48 bits per heavy atom. The summed E-state index contributed by atoms with van der Waals surface area (Å²) in [6, 6.07) is 9.50. The fourth-order valence-electron chi connectivity index (χ4n) is 4.39. The molecular formula is C22H20O7. The topological polar surface area (TPSA) is 91.3 Å². The molecule has 7 heteroatoms. The summed E-state index contributed by atoms with van der Waals surface area (Å²) < 4.78 is 23.3. The first-order valence-electron chi connectivity index (χ1n) is 9.40. The van der Waals surface area contributed by atoms with Crippen LogP contribution in [0, 0.1) is 0 Å². The van der Waals surface area contributed by atoms with Gasteiger partial charge in [-0.15, -0.1) is 0 Å². The molecule has 2 aromatic carbocycles. The van der Waals surface area contributed by atoms with Crippen molar-refractivity contribution in [2.75, 3.05) is 7.11 Å². The monoisotopic (exact) mass is 396 g/mol. The van der Waals surface area contributed by atoms with Gasteiger partial charge in [-0.25, -0.2) is 0 Å². The van der Waals surface area contributed by atoms with Gasteiger partial charge < -0.3 is 24.1 Å². The zero-order valence-electron chi connectivity index (χ0n) is 16.2. The van der Waals surface area contributed by atoms with E-state index in [1.54, 1.807) is 30.3 Å². The van der Waals surface area contributed by atoms with Crippen LogP contribution in [0.2, 0.25) is 0 Å². The smallest absolute Gasteiger partial charge is 0.198 e. The third-order valence-electron chi connectivity index (χ3n) is 5.62. The highest BCUT2D eigenvalue weighted by Crippen LogP contribution is 2.46. The van der Waals surface area contributed by atoms with E-state index >= 15 is 0 Å². The molecular weight excluding hydrogens is 376 g/mol. The average molecular weight is 396 g/mol. The van der Waals surface area contributed by atoms with Crippen molar-refractivity contribution >= 4 is 11.6 Å². The predicted molar refractivity (Wildman–Crippen MR) is 99.9 cm³/mol. The van der Waals surface area contributed by atoms with Gasteiger partial charge in [0.2, 0.25) is 0 Å². The van der Waals surface area contributed by atoms with Crippen molar-refractivity contribution in [3.05, 3.63) is 64.2 Å². The minimum atomic E-state index is -0.773. The number of ketones is 2. The van der Waals surface area contributed by atoms with Crippen LogP contribution in [-0.2, 0) is 18.9 Å². The quantitative estimate of drug-likeness (QED) is 0.712. The minimum absolute atomic E-state index is 0.0450. The Labute approximate surface area is 167 Å². The number of hydrogen-bond acceptors (Lipinski definition) is 7. The van der Waals surface area contributed by atoms with Crippen molar-refractivity contribution in [1.82, 2.24) is 0 Å². The maximum atomic E-state index is 13.0. The van der Waals surface area contributed by atoms with Crippen LogP contribution in [0.25, 0.3) is 0 Å². The number of carbonyl (C=O) groups excluding carboxylic acids is 2. The summed E-state index contributed by atoms with van der Waals surface area (Å²) in [4.78, 5) is 25.9. The van der Waals surface area contributed by atoms with Gasteiger partial charge in [0.1, 0.15) is 24.1 Å². The first kappa shape index (κ1) is 18.4. The van der Waals surface area contributed by atoms with Crippen LogP contribution in [0.5, 0.6) is 5.75 Å². The summed E-state index contributed by atoms with van der Waals surface area (Å²) >= 11 is 0. The Balaban J connectivity index is 1.56. The van der Waals surface area contributed by atoms with Crippen molar-refractivity contribution < 1.29 is 33.6 Å². The molecule has 0 bridgehead atoms. The molecule has 5 rings (SSSR count). The van der Waals surface area contributed by atoms with Crippen LogP contribution in [-0.4, -0.2) is 48.1 Å². The summed E-state index contributed by atoms with van der Waals surface area (Å²) in [6.07, 6.45) is -1.91. The Hall–Kier alpha value is -2.58. The Bertz CT molecular complexity index is 1040. The molecule has 2 aliphatic heterocycles. The van der Waals surface area contributed by atoms with Crippen LogP contribution in [0.1, 0.15) is 57.4 Å². The standard InChI is InChI=1S/C22H20O7/c1-22(2)28-19-18(27-21(26-3)20(19)29-22)10-7-8-11-13(9-10)16(24)12-5-4-6-14(23)15(12)17(11)25/h4-9,18-21,23H,1-3H3/t18-,19-,20-,21-/m1/s1. The van der Waals surface area contributed by atoms with Gasteiger partial charge in [0.05, 0.1) is 5.56 Å². The molecule has 1 aliphatic carbocycles. The molecule has 3 aliphatic rings. The normalized spacial score (nSPS) is 29.5. The highest BCUT2D eigenvalue weighted by Gasteiger charge is 2.56. The predicted octanol–water partition coefficient (Wildman–Crippen LogP) is 2.73. The summed E-state index contributed by atoms with van der Waals surface area (Å²) in [7, 11) is 1.54. The second-order valence-corrected chi connectivity index (χ2v) is 7.89. The lowest BCUT2D eigenvalue weighted by Crippen LogP contribution is -2.30. The molecule has 0 unspecified atom stereocenters. The number of rotatable bonds is 2. The van der Waals surface area contributed by atoms with Gasteiger partial charge in [-0.3, -0.25) is 9.59 Å². The van der Waals surface area contributed by atoms with Crippen molar-refractivity contribution in [3.8, 4) is 5.75 Å². The zero-order valence-corrected chi connectivity index (χ0v) is 16.2. The van der Waals surface area contributed by atoms with Gasteiger partial charge in [0.25, 0.3) is 0 Å². The molecule has 4 atom stereocenters. The first-order valence-corrected chi connectivity index (χ1v) is 9.40. The van der Waals surface area contributed by atoms with Crippen molar-refractivity contribution in [1.29, 1.82) is 0 Å². The van der Waals surface area contributed by atoms with Crippen LogP contribution < -0.4 is 0 Å². The van der Waals surface area contributed by atoms with Gasteiger partial charge in [-0.1, -0.05) is 18.2 Å². The van der Waals surface area contributed by atoms with Gasteiger partial charge in [0, 0.05) is 23.8 Å². The molecule has 2 fully saturated rings. The average Bonchev–Trinajstić information content (AvgIpc) is 3.18. The van der Waals surface area contributed by atoms with E-state index in [9.17, 15) is 14.7 Å². The molecule has 2 saturated heterocycles. The van der Waals surface area contributed by atoms with E-state index in [1.165, 1.54) is 13.2 Å². The molecule has 0 saturated carbocycles. The Morgan fingerprint density at radius 1 is 0.966 bits per heavy atom. The van der Waals surface area contributed by atoms with Crippen molar-refractivity contribution in [2.45, 2.75) is 44.2 Å². The SMILES string of the molecule is CO[C@@H]1O[C@H](c2ccc3c(c2)C(=O)c2cccc(O)c2C3=O)[C@H]2OC(C)(C)O[C@@H]12. The van der Waals surface area contributed by atoms with Crippen molar-refractivity contribution in [3.63, 3.8) is 0 Å². The second kappa shape index (κ2) is 6.21. The fourth-order valence-corrected chi connectivity index (χ4v) is 4.39. The van der Waals surface area contributed by atoms with Crippen LogP contribution in [0.4, 0.5) is 0 Å². The van der Waals surface area contributed by atoms with Gasteiger partial charge in [-0.2, -0.15) is 0 Å². The number of methoxy groups -OCH3 is 1. The zero-order chi connectivity index (χ0) is 20.5. The molecule has 2 heterocycles. The third kappa shape index (κ3) is 2.66. The number of ether oxygens (including phenoxy) is 4. The largest absolute Gasteiger partial charge is 0.507 e. The second-order valence-electron chi connectivity index (χ2n) is 7.89. The van der Waals surface area contributed by atoms with Gasteiger partial charge >= 0.3 is 0 Å². The van der Waals surface area contributed by atoms with E-state index < -0.39 is 30.4 Å². The number of hydrogen-bond donors (Lipinski definition) is 1. The Kier molecular flexibility index (Phi) is 3.95. The van der Waals surface area contributed by atoms with E-state index in [2.05, 4.69) is 0 Å². The maximum absolute atomic E-state index is 13.0. The highest BCUT2D eigenvalue weighted by molar-refractivity contribution is 6.29. The molecule has 150 valence electrons. The van der Waals surface area contributed by atoms with E-state index in [0.717, 1.165) is 0 Å². The molecule has 7 nitrogen and oxygen atoms in total. The number of carbonyl (C=O) groups is 2. The van der Waals surface area contributed by atoms with E-state index in [-0.39, 0.29) is 39.6 Å². The molecule has 0 amide bonds. The molecule has 0 spiro atoms. The summed E-state index contributed by atoms with van der Waals surface area (Å²) in [6.45, 7) is 3.65. The number of phenolic OH excluding ortho intramolecular Hbond substituents is 1. The van der Waals surface area contributed by atoms with Crippen LogP contribution in [0.3, 0.4) is 0 Å². The van der Waals surface area contributed by atoms with Crippen LogP contribution in [0.15, 0.2) is 36.4 Å². The highest BCUT2D eigenvalue weighted by atomic mass is 16.8. The number of aromatic hydroxyl groups is 1. The molecule has 0 aromatic heterocycles. The lowest BCUT2D eigenvalue weighted by Gasteiger charge is -2.25.